The normalized spacial score (nSPS) is 10.4. The molecule has 0 aliphatic carbocycles. The fourth-order valence-electron chi connectivity index (χ4n) is 1.44. The highest BCUT2D eigenvalue weighted by Gasteiger charge is 2.15. The van der Waals surface area contributed by atoms with Crippen LogP contribution in [-0.2, 0) is 9.59 Å². The number of carbonyl (C=O) groups is 2. The quantitative estimate of drug-likeness (QED) is 0.808. The molecule has 0 unspecified atom stereocenters. The van der Waals surface area contributed by atoms with E-state index in [-0.39, 0.29) is 0 Å². The number of amides is 1. The van der Waals surface area contributed by atoms with Gasteiger partial charge in [0.2, 0.25) is 5.91 Å². The highest BCUT2D eigenvalue weighted by Crippen LogP contribution is 2.20. The van der Waals surface area contributed by atoms with Gasteiger partial charge in [-0.05, 0) is 12.1 Å². The van der Waals surface area contributed by atoms with E-state index >= 15 is 0 Å². The number of carboxylic acid groups (broad SMARTS) is 1. The molecule has 0 saturated carbocycles. The van der Waals surface area contributed by atoms with Crippen LogP contribution in [0.5, 0.6) is 0 Å². The molecule has 0 radical (unpaired) electrons. The number of hydrogen-bond donors (Lipinski definition) is 1. The van der Waals surface area contributed by atoms with Crippen molar-refractivity contribution in [3.63, 3.8) is 0 Å². The molecule has 6 nitrogen and oxygen atoms in total. The second kappa shape index (κ2) is 4.25. The summed E-state index contributed by atoms with van der Waals surface area (Å²) in [6, 6.07) is 5.03. The molecule has 1 heterocycles. The molecule has 1 amide bonds. The zero-order chi connectivity index (χ0) is 12.4. The number of benzene rings is 1. The molecule has 0 bridgehead atoms. The van der Waals surface area contributed by atoms with Crippen LogP contribution in [0.15, 0.2) is 29.0 Å². The second-order valence-electron chi connectivity index (χ2n) is 3.53. The highest BCUT2D eigenvalue weighted by atomic mass is 16.4. The lowest BCUT2D eigenvalue weighted by atomic mass is 10.2. The van der Waals surface area contributed by atoms with Gasteiger partial charge in [0.25, 0.3) is 0 Å². The van der Waals surface area contributed by atoms with Gasteiger partial charge >= 0.3 is 5.97 Å². The van der Waals surface area contributed by atoms with Crippen LogP contribution in [0.2, 0.25) is 0 Å². The topological polar surface area (TPSA) is 83.6 Å². The fraction of sp³-hybridized carbons (Fsp3) is 0.182. The Labute approximate surface area is 96.5 Å². The minimum Gasteiger partial charge on any atom is -0.481 e. The monoisotopic (exact) mass is 234 g/mol. The first kappa shape index (κ1) is 11.1. The van der Waals surface area contributed by atoms with Crippen LogP contribution in [0.1, 0.15) is 6.42 Å². The first-order chi connectivity index (χ1) is 8.08. The molecule has 0 saturated heterocycles. The molecule has 2 rings (SSSR count). The lowest BCUT2D eigenvalue weighted by molar-refractivity contribution is -0.140. The van der Waals surface area contributed by atoms with Gasteiger partial charge in [-0.1, -0.05) is 0 Å². The second-order valence-corrected chi connectivity index (χ2v) is 3.53. The number of anilines is 1. The average molecular weight is 234 g/mol. The van der Waals surface area contributed by atoms with E-state index in [9.17, 15) is 9.59 Å². The molecule has 0 spiro atoms. The number of rotatable bonds is 3. The van der Waals surface area contributed by atoms with Crippen molar-refractivity contribution in [2.45, 2.75) is 6.42 Å². The number of fused-ring (bicyclic) bond motifs is 1. The minimum absolute atomic E-state index is 0.489. The minimum atomic E-state index is -1.15. The molecule has 1 N–H and O–H groups in total. The molecule has 0 aliphatic rings. The standard InChI is InChI=1S/C11H10N2O4/c1-13(10(14)5-11(15)16)7-2-3-8-9(4-7)17-6-12-8/h2-4,6H,5H2,1H3,(H,15,16). The zero-order valence-corrected chi connectivity index (χ0v) is 9.08. The van der Waals surface area contributed by atoms with Crippen LogP contribution in [0.3, 0.4) is 0 Å². The summed E-state index contributed by atoms with van der Waals surface area (Å²) >= 11 is 0. The third kappa shape index (κ3) is 2.25. The summed E-state index contributed by atoms with van der Waals surface area (Å²) in [6.45, 7) is 0. The van der Waals surface area contributed by atoms with Crippen LogP contribution in [0, 0.1) is 0 Å². The number of nitrogens with zero attached hydrogens (tertiary/aromatic N) is 2. The first-order valence-electron chi connectivity index (χ1n) is 4.89. The Balaban J connectivity index is 2.26. The molecule has 6 heteroatoms. The van der Waals surface area contributed by atoms with Gasteiger partial charge in [-0.3, -0.25) is 9.59 Å². The number of carbonyl (C=O) groups excluding carboxylic acids is 1. The van der Waals surface area contributed by atoms with E-state index in [1.54, 1.807) is 18.2 Å². The molecular formula is C11H10N2O4. The van der Waals surface area contributed by atoms with Crippen molar-refractivity contribution < 1.29 is 19.1 Å². The molecule has 17 heavy (non-hydrogen) atoms. The largest absolute Gasteiger partial charge is 0.481 e. The summed E-state index contributed by atoms with van der Waals surface area (Å²) in [5.41, 5.74) is 1.81. The van der Waals surface area contributed by atoms with Crippen LogP contribution >= 0.6 is 0 Å². The average Bonchev–Trinajstić information content (AvgIpc) is 2.73. The van der Waals surface area contributed by atoms with Gasteiger partial charge in [-0.25, -0.2) is 4.98 Å². The smallest absolute Gasteiger partial charge is 0.312 e. The maximum absolute atomic E-state index is 11.5. The molecule has 0 fully saturated rings. The molecule has 1 aromatic carbocycles. The third-order valence-electron chi connectivity index (χ3n) is 2.38. The Morgan fingerprint density at radius 2 is 2.24 bits per heavy atom. The van der Waals surface area contributed by atoms with Crippen molar-refractivity contribution in [2.75, 3.05) is 11.9 Å². The van der Waals surface area contributed by atoms with Gasteiger partial charge in [0.15, 0.2) is 12.0 Å². The maximum Gasteiger partial charge on any atom is 0.312 e. The zero-order valence-electron chi connectivity index (χ0n) is 9.08. The summed E-state index contributed by atoms with van der Waals surface area (Å²) in [5, 5.41) is 8.54. The predicted molar refractivity (Wildman–Crippen MR) is 59.7 cm³/mol. The van der Waals surface area contributed by atoms with E-state index in [0.29, 0.717) is 16.8 Å². The lowest BCUT2D eigenvalue weighted by Crippen LogP contribution is -2.28. The van der Waals surface area contributed by atoms with Crippen molar-refractivity contribution in [3.05, 3.63) is 24.6 Å². The number of hydrogen-bond acceptors (Lipinski definition) is 4. The van der Waals surface area contributed by atoms with E-state index in [0.717, 1.165) is 0 Å². The summed E-state index contributed by atoms with van der Waals surface area (Å²) in [4.78, 5) is 27.2. The Kier molecular flexibility index (Phi) is 2.78. The van der Waals surface area contributed by atoms with Crippen LogP contribution in [-0.4, -0.2) is 29.0 Å². The van der Waals surface area contributed by atoms with Gasteiger partial charge in [0.05, 0.1) is 0 Å². The van der Waals surface area contributed by atoms with Crippen molar-refractivity contribution in [1.82, 2.24) is 4.98 Å². The Morgan fingerprint density at radius 3 is 2.94 bits per heavy atom. The van der Waals surface area contributed by atoms with Gasteiger partial charge in [-0.15, -0.1) is 0 Å². The fourth-order valence-corrected chi connectivity index (χ4v) is 1.44. The van der Waals surface area contributed by atoms with Gasteiger partial charge in [-0.2, -0.15) is 0 Å². The van der Waals surface area contributed by atoms with Gasteiger partial charge < -0.3 is 14.4 Å². The van der Waals surface area contributed by atoms with Gasteiger partial charge in [0, 0.05) is 18.8 Å². The van der Waals surface area contributed by atoms with E-state index in [4.69, 9.17) is 9.52 Å². The van der Waals surface area contributed by atoms with Crippen molar-refractivity contribution in [3.8, 4) is 0 Å². The van der Waals surface area contributed by atoms with E-state index in [1.165, 1.54) is 18.3 Å². The number of oxazole rings is 1. The SMILES string of the molecule is CN(C(=O)CC(=O)O)c1ccc2ncoc2c1. The maximum atomic E-state index is 11.5. The predicted octanol–water partition coefficient (Wildman–Crippen LogP) is 1.27. The molecule has 88 valence electrons. The summed E-state index contributed by atoms with van der Waals surface area (Å²) in [5.74, 6) is -1.64. The molecule has 1 aromatic heterocycles. The van der Waals surface area contributed by atoms with E-state index in [2.05, 4.69) is 4.98 Å². The molecular weight excluding hydrogens is 224 g/mol. The molecule has 0 aliphatic heterocycles. The number of carboxylic acids is 1. The van der Waals surface area contributed by atoms with Crippen molar-refractivity contribution in [2.24, 2.45) is 0 Å². The van der Waals surface area contributed by atoms with Crippen LogP contribution in [0.4, 0.5) is 5.69 Å². The Morgan fingerprint density at radius 1 is 1.47 bits per heavy atom. The van der Waals surface area contributed by atoms with Crippen molar-refractivity contribution >= 4 is 28.7 Å². The lowest BCUT2D eigenvalue weighted by Gasteiger charge is -2.15. The summed E-state index contributed by atoms with van der Waals surface area (Å²) in [6.07, 6.45) is 0.776. The Hall–Kier alpha value is -2.37. The van der Waals surface area contributed by atoms with Crippen molar-refractivity contribution in [1.29, 1.82) is 0 Å². The molecule has 2 aromatic rings. The number of aliphatic carboxylic acids is 1. The first-order valence-corrected chi connectivity index (χ1v) is 4.89. The Bertz CT molecular complexity index is 576. The van der Waals surface area contributed by atoms with Crippen LogP contribution in [0.25, 0.3) is 11.1 Å². The summed E-state index contributed by atoms with van der Waals surface area (Å²) in [7, 11) is 1.52. The van der Waals surface area contributed by atoms with Crippen LogP contribution < -0.4 is 4.90 Å². The van der Waals surface area contributed by atoms with Gasteiger partial charge in [0.1, 0.15) is 11.9 Å². The number of aromatic nitrogens is 1. The molecule has 0 atom stereocenters. The highest BCUT2D eigenvalue weighted by molar-refractivity contribution is 6.03. The van der Waals surface area contributed by atoms with E-state index < -0.39 is 18.3 Å². The third-order valence-corrected chi connectivity index (χ3v) is 2.38. The summed E-state index contributed by atoms with van der Waals surface area (Å²) < 4.78 is 5.10. The van der Waals surface area contributed by atoms with E-state index in [1.807, 2.05) is 0 Å².